The van der Waals surface area contributed by atoms with Gasteiger partial charge in [-0.25, -0.2) is 0 Å². The molecule has 2 atom stereocenters. The van der Waals surface area contributed by atoms with Gasteiger partial charge in [0.05, 0.1) is 26.2 Å². The van der Waals surface area contributed by atoms with Crippen molar-refractivity contribution in [2.45, 2.75) is 115 Å². The lowest BCUT2D eigenvalue weighted by atomic mass is 10.0. The maximum Gasteiger partial charge on any atom is 0.308 e. The topological polar surface area (TPSA) is 82.1 Å². The Balaban J connectivity index is 2.05. The number of rotatable bonds is 17. The van der Waals surface area contributed by atoms with Crippen LogP contribution in [0.5, 0.6) is 0 Å². The normalized spacial score (nSPS) is 21.3. The molecule has 6 nitrogen and oxygen atoms in total. The summed E-state index contributed by atoms with van der Waals surface area (Å²) in [5.41, 5.74) is -0.883. The number of methoxy groups -OCH3 is 1. The van der Waals surface area contributed by atoms with E-state index in [1.165, 1.54) is 64.9 Å². The highest BCUT2D eigenvalue weighted by Crippen LogP contribution is 2.32. The van der Waals surface area contributed by atoms with Crippen LogP contribution in [0, 0.1) is 0 Å². The van der Waals surface area contributed by atoms with Gasteiger partial charge in [-0.1, -0.05) is 71.1 Å². The predicted molar refractivity (Wildman–Crippen MR) is 113 cm³/mol. The molecule has 1 rings (SSSR count). The van der Waals surface area contributed by atoms with Gasteiger partial charge in [0.15, 0.2) is 0 Å². The third-order valence-electron chi connectivity index (χ3n) is 5.73. The van der Waals surface area contributed by atoms with Gasteiger partial charge in [-0.05, 0) is 19.3 Å². The molecule has 1 saturated heterocycles. The van der Waals surface area contributed by atoms with Crippen LogP contribution in [0.15, 0.2) is 0 Å². The van der Waals surface area contributed by atoms with Crippen LogP contribution >= 0.6 is 0 Å². The lowest BCUT2D eigenvalue weighted by molar-refractivity contribution is -0.162. The quantitative estimate of drug-likeness (QED) is 0.274. The molecule has 0 aliphatic carbocycles. The van der Waals surface area contributed by atoms with Crippen LogP contribution in [-0.2, 0) is 23.8 Å². The summed E-state index contributed by atoms with van der Waals surface area (Å²) in [5.74, 6) is -0.578. The Morgan fingerprint density at radius 2 is 1.55 bits per heavy atom. The van der Waals surface area contributed by atoms with E-state index in [1.54, 1.807) is 0 Å². The third-order valence-corrected chi connectivity index (χ3v) is 5.73. The van der Waals surface area contributed by atoms with Crippen molar-refractivity contribution in [2.75, 3.05) is 20.3 Å². The summed E-state index contributed by atoms with van der Waals surface area (Å²) in [7, 11) is 1.34. The molecule has 0 radical (unpaired) electrons. The molecule has 1 aliphatic heterocycles. The number of hydrogen-bond donors (Lipinski definition) is 1. The fourth-order valence-electron chi connectivity index (χ4n) is 3.79. The first-order valence-corrected chi connectivity index (χ1v) is 11.6. The third kappa shape index (κ3) is 11.6. The molecule has 0 bridgehead atoms. The summed E-state index contributed by atoms with van der Waals surface area (Å²) < 4.78 is 15.8. The van der Waals surface area contributed by atoms with E-state index in [-0.39, 0.29) is 37.7 Å². The maximum absolute atomic E-state index is 12.0. The fourth-order valence-corrected chi connectivity index (χ4v) is 3.79. The summed E-state index contributed by atoms with van der Waals surface area (Å²) >= 11 is 0. The van der Waals surface area contributed by atoms with Crippen molar-refractivity contribution in [3.05, 3.63) is 0 Å². The monoisotopic (exact) mass is 414 g/mol. The van der Waals surface area contributed by atoms with Gasteiger partial charge in [0.25, 0.3) is 0 Å². The molecule has 6 heteroatoms. The summed E-state index contributed by atoms with van der Waals surface area (Å²) in [6.07, 6.45) is 15.1. The molecule has 0 aromatic rings. The van der Waals surface area contributed by atoms with Gasteiger partial charge in [0.2, 0.25) is 0 Å². The van der Waals surface area contributed by atoms with Crippen molar-refractivity contribution in [3.63, 3.8) is 0 Å². The molecule has 0 aromatic carbocycles. The molecule has 0 amide bonds. The van der Waals surface area contributed by atoms with Crippen LogP contribution in [0.1, 0.15) is 103 Å². The number of ether oxygens (including phenoxy) is 3. The standard InChI is InChI=1S/C23H42O6/c1-3-4-5-6-7-8-9-10-11-12-13-14-21(25)28-19-23(18-24)16-15-20(29-23)17-22(26)27-2/h20,24H,3-19H2,1-2H3/t20-,23-/m1/s1. The highest BCUT2D eigenvalue weighted by Gasteiger charge is 2.41. The summed E-state index contributed by atoms with van der Waals surface area (Å²) in [5, 5.41) is 9.68. The summed E-state index contributed by atoms with van der Waals surface area (Å²) in [6.45, 7) is 2.06. The number of esters is 2. The average Bonchev–Trinajstić information content (AvgIpc) is 3.13. The zero-order valence-electron chi connectivity index (χ0n) is 18.6. The molecule has 0 saturated carbocycles. The second-order valence-corrected chi connectivity index (χ2v) is 8.35. The van der Waals surface area contributed by atoms with Crippen molar-refractivity contribution < 1.29 is 28.9 Å². The van der Waals surface area contributed by atoms with E-state index in [0.717, 1.165) is 12.8 Å². The van der Waals surface area contributed by atoms with Crippen LogP contribution in [0.4, 0.5) is 0 Å². The van der Waals surface area contributed by atoms with E-state index in [9.17, 15) is 14.7 Å². The van der Waals surface area contributed by atoms with Crippen LogP contribution in [-0.4, -0.2) is 49.1 Å². The van der Waals surface area contributed by atoms with E-state index >= 15 is 0 Å². The molecule has 170 valence electrons. The molecule has 1 N–H and O–H groups in total. The lowest BCUT2D eigenvalue weighted by Gasteiger charge is -2.26. The predicted octanol–water partition coefficient (Wildman–Crippen LogP) is 4.70. The zero-order valence-corrected chi connectivity index (χ0v) is 18.6. The summed E-state index contributed by atoms with van der Waals surface area (Å²) in [4.78, 5) is 23.4. The minimum atomic E-state index is -0.883. The molecular formula is C23H42O6. The van der Waals surface area contributed by atoms with E-state index in [1.807, 2.05) is 0 Å². The minimum Gasteiger partial charge on any atom is -0.469 e. The number of aliphatic hydroxyl groups is 1. The summed E-state index contributed by atoms with van der Waals surface area (Å²) in [6, 6.07) is 0. The highest BCUT2D eigenvalue weighted by atomic mass is 16.6. The first kappa shape index (κ1) is 25.9. The van der Waals surface area contributed by atoms with Gasteiger partial charge in [-0.2, -0.15) is 0 Å². The van der Waals surface area contributed by atoms with Crippen LogP contribution < -0.4 is 0 Å². The molecule has 0 spiro atoms. The van der Waals surface area contributed by atoms with Crippen LogP contribution in [0.3, 0.4) is 0 Å². The van der Waals surface area contributed by atoms with Crippen molar-refractivity contribution >= 4 is 11.9 Å². The van der Waals surface area contributed by atoms with Crippen molar-refractivity contribution in [1.29, 1.82) is 0 Å². The van der Waals surface area contributed by atoms with E-state index in [0.29, 0.717) is 19.3 Å². The lowest BCUT2D eigenvalue weighted by Crippen LogP contribution is -2.40. The minimum absolute atomic E-state index is 0.0397. The molecule has 1 heterocycles. The van der Waals surface area contributed by atoms with Crippen LogP contribution in [0.2, 0.25) is 0 Å². The zero-order chi connectivity index (χ0) is 21.4. The fraction of sp³-hybridized carbons (Fsp3) is 0.913. The number of aliphatic hydroxyl groups excluding tert-OH is 1. The Labute approximate surface area is 176 Å². The highest BCUT2D eigenvalue weighted by molar-refractivity contribution is 5.70. The smallest absolute Gasteiger partial charge is 0.308 e. The Bertz CT molecular complexity index is 453. The van der Waals surface area contributed by atoms with E-state index in [2.05, 4.69) is 11.7 Å². The molecule has 0 unspecified atom stereocenters. The number of unbranched alkanes of at least 4 members (excludes halogenated alkanes) is 10. The average molecular weight is 415 g/mol. The van der Waals surface area contributed by atoms with Gasteiger partial charge in [0, 0.05) is 6.42 Å². The molecular weight excluding hydrogens is 372 g/mol. The van der Waals surface area contributed by atoms with Crippen LogP contribution in [0.25, 0.3) is 0 Å². The number of carbonyl (C=O) groups excluding carboxylic acids is 2. The van der Waals surface area contributed by atoms with Gasteiger partial charge >= 0.3 is 11.9 Å². The van der Waals surface area contributed by atoms with E-state index in [4.69, 9.17) is 9.47 Å². The Kier molecular flexibility index (Phi) is 14.0. The largest absolute Gasteiger partial charge is 0.469 e. The molecule has 1 fully saturated rings. The van der Waals surface area contributed by atoms with Gasteiger partial charge in [0.1, 0.15) is 12.2 Å². The molecule has 0 aromatic heterocycles. The first-order valence-electron chi connectivity index (χ1n) is 11.6. The second-order valence-electron chi connectivity index (χ2n) is 8.35. The maximum atomic E-state index is 12.0. The van der Waals surface area contributed by atoms with Crippen molar-refractivity contribution in [2.24, 2.45) is 0 Å². The van der Waals surface area contributed by atoms with Gasteiger partial charge in [-0.3, -0.25) is 9.59 Å². The Hall–Kier alpha value is -1.14. The SMILES string of the molecule is CCCCCCCCCCCCCC(=O)OC[C@]1(CO)CC[C@H](CC(=O)OC)O1. The Morgan fingerprint density at radius 3 is 2.10 bits per heavy atom. The first-order chi connectivity index (χ1) is 14.0. The van der Waals surface area contributed by atoms with Gasteiger partial charge in [-0.15, -0.1) is 0 Å². The van der Waals surface area contributed by atoms with Gasteiger partial charge < -0.3 is 19.3 Å². The van der Waals surface area contributed by atoms with Crippen molar-refractivity contribution in [1.82, 2.24) is 0 Å². The number of carbonyl (C=O) groups is 2. The molecule has 29 heavy (non-hydrogen) atoms. The Morgan fingerprint density at radius 1 is 0.966 bits per heavy atom. The van der Waals surface area contributed by atoms with Crippen molar-refractivity contribution in [3.8, 4) is 0 Å². The van der Waals surface area contributed by atoms with E-state index < -0.39 is 5.60 Å². The number of hydrogen-bond acceptors (Lipinski definition) is 6. The molecule has 1 aliphatic rings. The second kappa shape index (κ2) is 15.7.